The summed E-state index contributed by atoms with van der Waals surface area (Å²) in [5, 5.41) is 14.5. The highest BCUT2D eigenvalue weighted by Gasteiger charge is 2.36. The summed E-state index contributed by atoms with van der Waals surface area (Å²) < 4.78 is 40.4. The van der Waals surface area contributed by atoms with Crippen LogP contribution >= 0.6 is 11.6 Å². The van der Waals surface area contributed by atoms with Crippen LogP contribution in [-0.2, 0) is 32.6 Å². The Morgan fingerprint density at radius 2 is 1.65 bits per heavy atom. The zero-order valence-electron chi connectivity index (χ0n) is 26.8. The van der Waals surface area contributed by atoms with Gasteiger partial charge in [-0.25, -0.2) is 8.42 Å². The summed E-state index contributed by atoms with van der Waals surface area (Å²) in [6, 6.07) is 22.7. The average Bonchev–Trinajstić information content (AvgIpc) is 3.08. The molecule has 0 aliphatic rings. The number of carbonyl (C=O) groups is 2. The van der Waals surface area contributed by atoms with Gasteiger partial charge in [0.25, 0.3) is 15.7 Å². The molecule has 1 atom stereocenters. The first-order chi connectivity index (χ1) is 22.9. The predicted molar refractivity (Wildman–Crippen MR) is 182 cm³/mol. The summed E-state index contributed by atoms with van der Waals surface area (Å²) in [5.41, 5.74) is 1.14. The quantitative estimate of drug-likeness (QED) is 0.141. The third-order valence-electron chi connectivity index (χ3n) is 7.66. The Morgan fingerprint density at radius 3 is 2.29 bits per heavy atom. The fraction of sp³-hybridized carbons (Fsp3) is 0.235. The zero-order chi connectivity index (χ0) is 35.0. The molecule has 2 amide bonds. The highest BCUT2D eigenvalue weighted by Crippen LogP contribution is 2.36. The topological polar surface area (TPSA) is 148 Å². The molecule has 1 unspecified atom stereocenters. The number of nitro benzene ring substituents is 1. The molecular formula is C34H35ClN4O8S. The second kappa shape index (κ2) is 15.6. The van der Waals surface area contributed by atoms with Gasteiger partial charge in [0.1, 0.15) is 24.1 Å². The van der Waals surface area contributed by atoms with E-state index in [4.69, 9.17) is 21.1 Å². The van der Waals surface area contributed by atoms with Crippen LogP contribution in [0.4, 0.5) is 11.4 Å². The van der Waals surface area contributed by atoms with Crippen molar-refractivity contribution in [3.05, 3.63) is 123 Å². The lowest BCUT2D eigenvalue weighted by atomic mass is 10.0. The molecule has 12 nitrogen and oxygen atoms in total. The number of hydrogen-bond donors (Lipinski definition) is 1. The predicted octanol–water partition coefficient (Wildman–Crippen LogP) is 5.16. The standard InChI is InChI=1S/C34H35ClN4O8S/c1-23-13-15-28(20-29(23)39(42)43)48(44,45)38(30-19-26(35)14-16-32(30)47-4)22-33(40)37(21-25-11-8-12-27(17-25)46-3)31(34(41)36-2)18-24-9-6-5-7-10-24/h5-17,19-20,31H,18,21-22H2,1-4H3,(H,36,41). The number of likely N-dealkylation sites (N-methyl/N-ethyl adjacent to an activating group) is 1. The molecule has 0 aliphatic carbocycles. The normalized spacial score (nSPS) is 11.7. The van der Waals surface area contributed by atoms with Crippen molar-refractivity contribution in [3.8, 4) is 11.5 Å². The van der Waals surface area contributed by atoms with Gasteiger partial charge in [0, 0.05) is 36.7 Å². The van der Waals surface area contributed by atoms with E-state index in [0.29, 0.717) is 11.3 Å². The van der Waals surface area contributed by atoms with Gasteiger partial charge in [-0.3, -0.25) is 24.0 Å². The molecule has 1 N–H and O–H groups in total. The van der Waals surface area contributed by atoms with Crippen LogP contribution in [0.5, 0.6) is 11.5 Å². The Kier molecular flexibility index (Phi) is 11.6. The molecule has 0 saturated carbocycles. The van der Waals surface area contributed by atoms with Crippen molar-refractivity contribution in [2.75, 3.05) is 32.1 Å². The van der Waals surface area contributed by atoms with Gasteiger partial charge < -0.3 is 19.7 Å². The molecule has 4 aromatic carbocycles. The van der Waals surface area contributed by atoms with Gasteiger partial charge in [-0.05, 0) is 54.4 Å². The van der Waals surface area contributed by atoms with Crippen LogP contribution in [0, 0.1) is 17.0 Å². The Labute approximate surface area is 284 Å². The minimum atomic E-state index is -4.68. The molecule has 4 rings (SSSR count). The fourth-order valence-corrected chi connectivity index (χ4v) is 6.74. The van der Waals surface area contributed by atoms with E-state index in [-0.39, 0.29) is 35.0 Å². The summed E-state index contributed by atoms with van der Waals surface area (Å²) in [5.74, 6) is -0.620. The number of anilines is 1. The van der Waals surface area contributed by atoms with E-state index in [1.54, 1.807) is 24.3 Å². The Hall–Kier alpha value is -5.14. The third kappa shape index (κ3) is 8.22. The number of halogens is 1. The number of aryl methyl sites for hydroxylation is 1. The Morgan fingerprint density at radius 1 is 0.938 bits per heavy atom. The smallest absolute Gasteiger partial charge is 0.273 e. The highest BCUT2D eigenvalue weighted by atomic mass is 35.5. The number of ether oxygens (including phenoxy) is 2. The van der Waals surface area contributed by atoms with E-state index in [1.807, 2.05) is 30.3 Å². The third-order valence-corrected chi connectivity index (χ3v) is 9.65. The van der Waals surface area contributed by atoms with Crippen LogP contribution in [0.15, 0.2) is 95.9 Å². The van der Waals surface area contributed by atoms with E-state index in [1.165, 1.54) is 63.4 Å². The molecular weight excluding hydrogens is 660 g/mol. The average molecular weight is 695 g/mol. The second-order valence-corrected chi connectivity index (χ2v) is 13.0. The molecule has 0 spiro atoms. The van der Waals surface area contributed by atoms with Crippen LogP contribution in [-0.4, -0.2) is 63.9 Å². The van der Waals surface area contributed by atoms with Crippen molar-refractivity contribution in [3.63, 3.8) is 0 Å². The van der Waals surface area contributed by atoms with Gasteiger partial charge in [0.15, 0.2) is 0 Å². The van der Waals surface area contributed by atoms with E-state index >= 15 is 0 Å². The van der Waals surface area contributed by atoms with Gasteiger partial charge in [0.2, 0.25) is 11.8 Å². The number of amides is 2. The van der Waals surface area contributed by atoms with Crippen LogP contribution in [0.3, 0.4) is 0 Å². The monoisotopic (exact) mass is 694 g/mol. The molecule has 0 saturated heterocycles. The Balaban J connectivity index is 1.88. The van der Waals surface area contributed by atoms with E-state index in [2.05, 4.69) is 5.32 Å². The number of hydrogen-bond acceptors (Lipinski definition) is 8. The molecule has 14 heteroatoms. The minimum Gasteiger partial charge on any atom is -0.497 e. The van der Waals surface area contributed by atoms with Gasteiger partial charge in [-0.15, -0.1) is 0 Å². The van der Waals surface area contributed by atoms with Crippen molar-refractivity contribution < 1.29 is 32.4 Å². The molecule has 0 bridgehead atoms. The van der Waals surface area contributed by atoms with E-state index < -0.39 is 49.9 Å². The number of nitrogens with zero attached hydrogens (tertiary/aromatic N) is 3. The van der Waals surface area contributed by atoms with Crippen LogP contribution < -0.4 is 19.1 Å². The molecule has 0 radical (unpaired) electrons. The molecule has 252 valence electrons. The van der Waals surface area contributed by atoms with Gasteiger partial charge in [-0.1, -0.05) is 60.1 Å². The Bertz CT molecular complexity index is 1910. The fourth-order valence-electron chi connectivity index (χ4n) is 5.13. The maximum atomic E-state index is 14.6. The van der Waals surface area contributed by atoms with Crippen molar-refractivity contribution >= 4 is 44.8 Å². The van der Waals surface area contributed by atoms with Gasteiger partial charge in [-0.2, -0.15) is 0 Å². The maximum Gasteiger partial charge on any atom is 0.273 e. The van der Waals surface area contributed by atoms with Gasteiger partial charge in [0.05, 0.1) is 29.7 Å². The first-order valence-electron chi connectivity index (χ1n) is 14.7. The number of methoxy groups -OCH3 is 2. The number of nitrogens with one attached hydrogen (secondary N) is 1. The number of rotatable bonds is 14. The number of nitro groups is 1. The van der Waals surface area contributed by atoms with Crippen molar-refractivity contribution in [1.29, 1.82) is 0 Å². The van der Waals surface area contributed by atoms with Crippen molar-refractivity contribution in [2.45, 2.75) is 30.8 Å². The second-order valence-electron chi connectivity index (χ2n) is 10.7. The number of sulfonamides is 1. The van der Waals surface area contributed by atoms with Crippen LogP contribution in [0.1, 0.15) is 16.7 Å². The molecule has 0 fully saturated rings. The van der Waals surface area contributed by atoms with E-state index in [0.717, 1.165) is 15.9 Å². The first-order valence-corrected chi connectivity index (χ1v) is 16.5. The summed E-state index contributed by atoms with van der Waals surface area (Å²) in [6.45, 7) is 0.586. The summed E-state index contributed by atoms with van der Waals surface area (Å²) >= 11 is 6.31. The molecule has 48 heavy (non-hydrogen) atoms. The minimum absolute atomic E-state index is 0.0730. The van der Waals surface area contributed by atoms with E-state index in [9.17, 15) is 28.1 Å². The van der Waals surface area contributed by atoms with Crippen molar-refractivity contribution in [2.24, 2.45) is 0 Å². The summed E-state index contributed by atoms with van der Waals surface area (Å²) in [4.78, 5) is 40.0. The lowest BCUT2D eigenvalue weighted by Crippen LogP contribution is -2.53. The number of benzene rings is 4. The molecule has 4 aromatic rings. The summed E-state index contributed by atoms with van der Waals surface area (Å²) in [6.07, 6.45) is 0.119. The van der Waals surface area contributed by atoms with Crippen LogP contribution in [0.25, 0.3) is 0 Å². The highest BCUT2D eigenvalue weighted by molar-refractivity contribution is 7.92. The molecule has 0 heterocycles. The SMILES string of the molecule is CNC(=O)C(Cc1ccccc1)N(Cc1cccc(OC)c1)C(=O)CN(c1cc(Cl)ccc1OC)S(=O)(=O)c1ccc(C)c([N+](=O)[O-])c1. The van der Waals surface area contributed by atoms with Gasteiger partial charge >= 0.3 is 0 Å². The first kappa shape index (κ1) is 35.7. The largest absolute Gasteiger partial charge is 0.497 e. The molecule has 0 aromatic heterocycles. The van der Waals surface area contributed by atoms with Crippen molar-refractivity contribution in [1.82, 2.24) is 10.2 Å². The molecule has 0 aliphatic heterocycles. The lowest BCUT2D eigenvalue weighted by molar-refractivity contribution is -0.385. The lowest BCUT2D eigenvalue weighted by Gasteiger charge is -2.34. The zero-order valence-corrected chi connectivity index (χ0v) is 28.3. The summed E-state index contributed by atoms with van der Waals surface area (Å²) in [7, 11) is -0.398. The number of carbonyl (C=O) groups excluding carboxylic acids is 2. The maximum absolute atomic E-state index is 14.6. The van der Waals surface area contributed by atoms with Crippen LogP contribution in [0.2, 0.25) is 5.02 Å².